The van der Waals surface area contributed by atoms with E-state index >= 15 is 0 Å². The number of benzene rings is 2. The van der Waals surface area contributed by atoms with E-state index in [1.165, 1.54) is 11.0 Å². The fraction of sp³-hybridized carbons (Fsp3) is 0.440. The zero-order valence-electron chi connectivity index (χ0n) is 20.6. The number of carbonyl (C=O) groups is 2. The molecular weight excluding hydrogens is 519 g/mol. The molecule has 0 fully saturated rings. The number of nitrogens with one attached hydrogen (secondary N) is 1. The first-order valence-corrected chi connectivity index (χ1v) is 11.7. The molecule has 2 aromatic rings. The Kier molecular flexibility index (Phi) is 12.2. The summed E-state index contributed by atoms with van der Waals surface area (Å²) in [6.45, 7) is 0.313. The highest BCUT2D eigenvalue weighted by Gasteiger charge is 2.27. The molecular formula is C25H29F5N2O6. The third kappa shape index (κ3) is 11.3. The van der Waals surface area contributed by atoms with Crippen LogP contribution in [0, 0.1) is 11.6 Å². The van der Waals surface area contributed by atoms with Gasteiger partial charge in [-0.15, -0.1) is 0 Å². The molecule has 2 amide bonds. The Bertz CT molecular complexity index is 1040. The molecule has 0 aliphatic carbocycles. The molecule has 1 atom stereocenters. The number of hydrogen-bond donors (Lipinski definition) is 2. The summed E-state index contributed by atoms with van der Waals surface area (Å²) in [6, 6.07) is 8.72. The average Bonchev–Trinajstić information content (AvgIpc) is 2.85. The molecule has 38 heavy (non-hydrogen) atoms. The average molecular weight is 549 g/mol. The van der Waals surface area contributed by atoms with Crippen molar-refractivity contribution < 1.29 is 50.9 Å². The van der Waals surface area contributed by atoms with Gasteiger partial charge < -0.3 is 29.5 Å². The summed E-state index contributed by atoms with van der Waals surface area (Å²) in [5, 5.41) is 11.6. The SMILES string of the molecule is CCOC(Cc1ccc(OCCN(CCCOCC(F)(F)F)C(=O)Nc2ccc(F)c(F)c2)cc1)C(=O)O. The van der Waals surface area contributed by atoms with Crippen molar-refractivity contribution >= 4 is 17.7 Å². The minimum Gasteiger partial charge on any atom is -0.492 e. The van der Waals surface area contributed by atoms with Crippen molar-refractivity contribution in [2.24, 2.45) is 0 Å². The lowest BCUT2D eigenvalue weighted by atomic mass is 10.1. The number of hydrogen-bond acceptors (Lipinski definition) is 5. The van der Waals surface area contributed by atoms with Crippen molar-refractivity contribution in [1.82, 2.24) is 4.90 Å². The second-order valence-electron chi connectivity index (χ2n) is 8.05. The summed E-state index contributed by atoms with van der Waals surface area (Å²) < 4.78 is 78.8. The molecule has 1 unspecified atom stereocenters. The van der Waals surface area contributed by atoms with E-state index in [0.717, 1.165) is 12.1 Å². The predicted octanol–water partition coefficient (Wildman–Crippen LogP) is 4.88. The number of carbonyl (C=O) groups excluding carboxylic acids is 1. The summed E-state index contributed by atoms with van der Waals surface area (Å²) in [5.74, 6) is -2.88. The number of aliphatic carboxylic acids is 1. The first kappa shape index (κ1) is 30.8. The standard InChI is InChI=1S/C25H29F5N2O6/c1-2-37-22(23(33)34)14-17-4-7-19(8-5-17)38-13-11-32(10-3-12-36-16-25(28,29)30)24(35)31-18-6-9-20(26)21(27)15-18/h4-9,15,22H,2-3,10-14,16H2,1H3,(H,31,35)(H,33,34). The van der Waals surface area contributed by atoms with Gasteiger partial charge in [0, 0.05) is 37.9 Å². The normalized spacial score (nSPS) is 12.2. The number of carboxylic acid groups (broad SMARTS) is 1. The van der Waals surface area contributed by atoms with Crippen LogP contribution in [-0.4, -0.2) is 73.8 Å². The molecule has 13 heteroatoms. The number of amides is 2. The van der Waals surface area contributed by atoms with Gasteiger partial charge in [-0.1, -0.05) is 12.1 Å². The van der Waals surface area contributed by atoms with Crippen molar-refractivity contribution in [2.45, 2.75) is 32.0 Å². The first-order chi connectivity index (χ1) is 18.0. The number of rotatable bonds is 15. The molecule has 0 heterocycles. The van der Waals surface area contributed by atoms with Crippen molar-refractivity contribution in [3.8, 4) is 5.75 Å². The topological polar surface area (TPSA) is 97.3 Å². The third-order valence-corrected chi connectivity index (χ3v) is 5.06. The van der Waals surface area contributed by atoms with Crippen LogP contribution in [0.5, 0.6) is 5.75 Å². The fourth-order valence-electron chi connectivity index (χ4n) is 3.26. The second-order valence-corrected chi connectivity index (χ2v) is 8.05. The highest BCUT2D eigenvalue weighted by Crippen LogP contribution is 2.17. The van der Waals surface area contributed by atoms with Gasteiger partial charge >= 0.3 is 18.2 Å². The highest BCUT2D eigenvalue weighted by molar-refractivity contribution is 5.89. The maximum Gasteiger partial charge on any atom is 0.411 e. The number of carboxylic acids is 1. The van der Waals surface area contributed by atoms with Gasteiger partial charge in [-0.25, -0.2) is 18.4 Å². The maximum absolute atomic E-state index is 13.5. The van der Waals surface area contributed by atoms with Crippen LogP contribution in [-0.2, 0) is 20.7 Å². The zero-order chi connectivity index (χ0) is 28.1. The van der Waals surface area contributed by atoms with Crippen molar-refractivity contribution in [3.63, 3.8) is 0 Å². The molecule has 210 valence electrons. The number of ether oxygens (including phenoxy) is 3. The van der Waals surface area contributed by atoms with Crippen LogP contribution >= 0.6 is 0 Å². The van der Waals surface area contributed by atoms with Crippen molar-refractivity contribution in [3.05, 3.63) is 59.7 Å². The van der Waals surface area contributed by atoms with Crippen molar-refractivity contribution in [2.75, 3.05) is 44.8 Å². The van der Waals surface area contributed by atoms with Gasteiger partial charge in [0.25, 0.3) is 0 Å². The second kappa shape index (κ2) is 15.1. The summed E-state index contributed by atoms with van der Waals surface area (Å²) in [4.78, 5) is 25.2. The van der Waals surface area contributed by atoms with Crippen LogP contribution in [0.2, 0.25) is 0 Å². The van der Waals surface area contributed by atoms with Gasteiger partial charge in [0.15, 0.2) is 17.7 Å². The van der Waals surface area contributed by atoms with E-state index in [9.17, 15) is 36.6 Å². The zero-order valence-corrected chi connectivity index (χ0v) is 20.6. The predicted molar refractivity (Wildman–Crippen MR) is 127 cm³/mol. The summed E-state index contributed by atoms with van der Waals surface area (Å²) in [7, 11) is 0. The van der Waals surface area contributed by atoms with E-state index < -0.39 is 42.5 Å². The van der Waals surface area contributed by atoms with Gasteiger partial charge in [-0.05, 0) is 43.2 Å². The van der Waals surface area contributed by atoms with Gasteiger partial charge in [0.2, 0.25) is 0 Å². The molecule has 2 aromatic carbocycles. The molecule has 0 saturated heterocycles. The number of halogens is 5. The Balaban J connectivity index is 1.94. The third-order valence-electron chi connectivity index (χ3n) is 5.06. The minimum absolute atomic E-state index is 0.00364. The minimum atomic E-state index is -4.47. The lowest BCUT2D eigenvalue weighted by Crippen LogP contribution is -2.39. The molecule has 0 radical (unpaired) electrons. The molecule has 0 bridgehead atoms. The van der Waals surface area contributed by atoms with E-state index in [1.54, 1.807) is 31.2 Å². The van der Waals surface area contributed by atoms with Gasteiger partial charge in [-0.3, -0.25) is 0 Å². The van der Waals surface area contributed by atoms with Crippen LogP contribution in [0.1, 0.15) is 18.9 Å². The van der Waals surface area contributed by atoms with Crippen LogP contribution in [0.15, 0.2) is 42.5 Å². The lowest BCUT2D eigenvalue weighted by Gasteiger charge is -2.23. The molecule has 8 nitrogen and oxygen atoms in total. The molecule has 2 rings (SSSR count). The molecule has 0 aromatic heterocycles. The molecule has 0 aliphatic heterocycles. The van der Waals surface area contributed by atoms with Gasteiger partial charge in [-0.2, -0.15) is 13.2 Å². The van der Waals surface area contributed by atoms with E-state index in [4.69, 9.17) is 9.47 Å². The first-order valence-electron chi connectivity index (χ1n) is 11.7. The molecule has 2 N–H and O–H groups in total. The highest BCUT2D eigenvalue weighted by atomic mass is 19.4. The smallest absolute Gasteiger partial charge is 0.411 e. The lowest BCUT2D eigenvalue weighted by molar-refractivity contribution is -0.174. The van der Waals surface area contributed by atoms with E-state index in [2.05, 4.69) is 10.1 Å². The Hall–Kier alpha value is -3.45. The molecule has 0 spiro atoms. The monoisotopic (exact) mass is 548 g/mol. The molecule has 0 saturated carbocycles. The number of urea groups is 1. The van der Waals surface area contributed by atoms with E-state index in [-0.39, 0.29) is 51.4 Å². The van der Waals surface area contributed by atoms with Crippen LogP contribution in [0.3, 0.4) is 0 Å². The van der Waals surface area contributed by atoms with Crippen LogP contribution < -0.4 is 10.1 Å². The largest absolute Gasteiger partial charge is 0.492 e. The molecule has 0 aliphatic rings. The fourth-order valence-corrected chi connectivity index (χ4v) is 3.26. The Labute approximate surface area is 216 Å². The summed E-state index contributed by atoms with van der Waals surface area (Å²) in [6.07, 6.45) is -5.20. The van der Waals surface area contributed by atoms with Crippen LogP contribution in [0.25, 0.3) is 0 Å². The summed E-state index contributed by atoms with van der Waals surface area (Å²) >= 11 is 0. The number of alkyl halides is 3. The Morgan fingerprint density at radius 2 is 1.74 bits per heavy atom. The van der Waals surface area contributed by atoms with Gasteiger partial charge in [0.05, 0.1) is 6.54 Å². The van der Waals surface area contributed by atoms with Crippen molar-refractivity contribution in [1.29, 1.82) is 0 Å². The van der Waals surface area contributed by atoms with Crippen LogP contribution in [0.4, 0.5) is 32.4 Å². The maximum atomic E-state index is 13.5. The van der Waals surface area contributed by atoms with E-state index in [1.807, 2.05) is 0 Å². The van der Waals surface area contributed by atoms with Gasteiger partial charge in [0.1, 0.15) is 19.0 Å². The number of nitrogens with zero attached hydrogens (tertiary/aromatic N) is 1. The Morgan fingerprint density at radius 3 is 2.34 bits per heavy atom. The summed E-state index contributed by atoms with van der Waals surface area (Å²) in [5.41, 5.74) is 0.708. The Morgan fingerprint density at radius 1 is 1.03 bits per heavy atom. The van der Waals surface area contributed by atoms with E-state index in [0.29, 0.717) is 11.3 Å². The number of anilines is 1. The quantitative estimate of drug-likeness (QED) is 0.243.